The van der Waals surface area contributed by atoms with E-state index in [9.17, 15) is 0 Å². The van der Waals surface area contributed by atoms with Gasteiger partial charge in [0.2, 0.25) is 0 Å². The number of hydrogen-bond acceptors (Lipinski definition) is 3. The normalized spacial score (nSPS) is 10.5. The van der Waals surface area contributed by atoms with E-state index in [0.29, 0.717) is 12.2 Å². The first-order chi connectivity index (χ1) is 10.2. The Hall–Kier alpha value is -2.80. The average Bonchev–Trinajstić information content (AvgIpc) is 2.80. The highest BCUT2D eigenvalue weighted by atomic mass is 15.0. The highest BCUT2D eigenvalue weighted by Crippen LogP contribution is 2.23. The van der Waals surface area contributed by atoms with Gasteiger partial charge >= 0.3 is 0 Å². The minimum atomic E-state index is 0.686. The molecule has 0 atom stereocenters. The van der Waals surface area contributed by atoms with Crippen LogP contribution in [0.3, 0.4) is 0 Å². The van der Waals surface area contributed by atoms with Crippen molar-refractivity contribution in [3.05, 3.63) is 59.7 Å². The first-order valence-corrected chi connectivity index (χ1v) is 6.82. The monoisotopic (exact) mass is 276 g/mol. The number of fused-ring (bicyclic) bond motifs is 1. The van der Waals surface area contributed by atoms with Gasteiger partial charge in [0, 0.05) is 48.1 Å². The molecule has 0 fully saturated rings. The fraction of sp³-hybridized carbons (Fsp3) is 0.176. The molecule has 0 bridgehead atoms. The summed E-state index contributed by atoms with van der Waals surface area (Å²) in [5.74, 6) is 0. The topological polar surface area (TPSA) is 53.6 Å². The molecule has 3 rings (SSSR count). The summed E-state index contributed by atoms with van der Waals surface area (Å²) in [6.07, 6.45) is 3.66. The predicted molar refractivity (Wildman–Crippen MR) is 83.9 cm³/mol. The Labute approximate surface area is 123 Å². The third-order valence-corrected chi connectivity index (χ3v) is 3.90. The molecule has 2 heterocycles. The Morgan fingerprint density at radius 2 is 2.19 bits per heavy atom. The number of nitrogens with one attached hydrogen (secondary N) is 1. The summed E-state index contributed by atoms with van der Waals surface area (Å²) in [5, 5.41) is 14.8. The van der Waals surface area contributed by atoms with Crippen molar-refractivity contribution in [2.75, 3.05) is 5.32 Å². The molecule has 1 aromatic carbocycles. The molecule has 0 amide bonds. The van der Waals surface area contributed by atoms with Gasteiger partial charge in [0.1, 0.15) is 11.8 Å². The number of nitriles is 1. The summed E-state index contributed by atoms with van der Waals surface area (Å²) in [6, 6.07) is 12.3. The zero-order chi connectivity index (χ0) is 14.8. The van der Waals surface area contributed by atoms with Crippen LogP contribution in [0.25, 0.3) is 10.8 Å². The van der Waals surface area contributed by atoms with Crippen molar-refractivity contribution in [3.8, 4) is 6.07 Å². The Kier molecular flexibility index (Phi) is 3.33. The maximum atomic E-state index is 9.08. The molecule has 1 N–H and O–H groups in total. The summed E-state index contributed by atoms with van der Waals surface area (Å²) in [4.78, 5) is 4.15. The van der Waals surface area contributed by atoms with E-state index in [1.165, 1.54) is 0 Å². The average molecular weight is 276 g/mol. The van der Waals surface area contributed by atoms with Gasteiger partial charge in [0.25, 0.3) is 0 Å². The van der Waals surface area contributed by atoms with Gasteiger partial charge in [-0.05, 0) is 30.7 Å². The van der Waals surface area contributed by atoms with Crippen molar-refractivity contribution in [2.24, 2.45) is 7.05 Å². The van der Waals surface area contributed by atoms with Crippen molar-refractivity contribution in [1.82, 2.24) is 9.55 Å². The van der Waals surface area contributed by atoms with Gasteiger partial charge < -0.3 is 9.88 Å². The van der Waals surface area contributed by atoms with Gasteiger partial charge in [-0.2, -0.15) is 5.26 Å². The largest absolute Gasteiger partial charge is 0.380 e. The maximum absolute atomic E-state index is 9.08. The van der Waals surface area contributed by atoms with Gasteiger partial charge in [-0.1, -0.05) is 12.1 Å². The van der Waals surface area contributed by atoms with Crippen LogP contribution in [0.4, 0.5) is 5.69 Å². The zero-order valence-corrected chi connectivity index (χ0v) is 12.1. The second-order valence-corrected chi connectivity index (χ2v) is 5.07. The smallest absolute Gasteiger partial charge is 0.120 e. The van der Waals surface area contributed by atoms with Crippen LogP contribution in [0.5, 0.6) is 0 Å². The quantitative estimate of drug-likeness (QED) is 0.798. The summed E-state index contributed by atoms with van der Waals surface area (Å²) >= 11 is 0. The molecule has 21 heavy (non-hydrogen) atoms. The van der Waals surface area contributed by atoms with Crippen molar-refractivity contribution in [3.63, 3.8) is 0 Å². The third kappa shape index (κ3) is 2.34. The molecule has 4 nitrogen and oxygen atoms in total. The number of anilines is 1. The first kappa shape index (κ1) is 13.2. The van der Waals surface area contributed by atoms with E-state index in [1.807, 2.05) is 42.9 Å². The first-order valence-electron chi connectivity index (χ1n) is 6.82. The fourth-order valence-corrected chi connectivity index (χ4v) is 2.52. The van der Waals surface area contributed by atoms with Crippen LogP contribution in [0, 0.1) is 18.3 Å². The van der Waals surface area contributed by atoms with Gasteiger partial charge in [0.15, 0.2) is 0 Å². The van der Waals surface area contributed by atoms with Crippen molar-refractivity contribution in [1.29, 1.82) is 5.26 Å². The minimum absolute atomic E-state index is 0.686. The van der Waals surface area contributed by atoms with Crippen LogP contribution in [0.15, 0.2) is 42.7 Å². The van der Waals surface area contributed by atoms with Crippen molar-refractivity contribution in [2.45, 2.75) is 13.5 Å². The highest BCUT2D eigenvalue weighted by Gasteiger charge is 2.08. The molecule has 104 valence electrons. The number of rotatable bonds is 3. The number of hydrogen-bond donors (Lipinski definition) is 1. The molecule has 0 aliphatic heterocycles. The number of aromatic nitrogens is 2. The van der Waals surface area contributed by atoms with Gasteiger partial charge in [-0.25, -0.2) is 0 Å². The molecular formula is C17H16N4. The molecule has 2 aromatic heterocycles. The fourth-order valence-electron chi connectivity index (χ4n) is 2.52. The van der Waals surface area contributed by atoms with Crippen LogP contribution in [0.1, 0.15) is 17.0 Å². The zero-order valence-electron chi connectivity index (χ0n) is 12.1. The van der Waals surface area contributed by atoms with E-state index in [4.69, 9.17) is 5.26 Å². The second-order valence-electron chi connectivity index (χ2n) is 5.07. The summed E-state index contributed by atoms with van der Waals surface area (Å²) in [6.45, 7) is 2.73. The Morgan fingerprint density at radius 3 is 2.95 bits per heavy atom. The SMILES string of the molecule is Cc1c(CNc2cccc3cnccc23)cc(C#N)n1C. The summed E-state index contributed by atoms with van der Waals surface area (Å²) in [7, 11) is 1.92. The highest BCUT2D eigenvalue weighted by molar-refractivity contribution is 5.93. The van der Waals surface area contributed by atoms with E-state index >= 15 is 0 Å². The van der Waals surface area contributed by atoms with E-state index in [2.05, 4.69) is 28.5 Å². The molecule has 0 aliphatic carbocycles. The Balaban J connectivity index is 1.89. The lowest BCUT2D eigenvalue weighted by molar-refractivity contribution is 0.856. The maximum Gasteiger partial charge on any atom is 0.120 e. The molecule has 0 saturated heterocycles. The lowest BCUT2D eigenvalue weighted by Crippen LogP contribution is -2.02. The van der Waals surface area contributed by atoms with E-state index < -0.39 is 0 Å². The van der Waals surface area contributed by atoms with Crippen molar-refractivity contribution >= 4 is 16.5 Å². The van der Waals surface area contributed by atoms with Crippen LogP contribution in [0.2, 0.25) is 0 Å². The van der Waals surface area contributed by atoms with E-state index in [0.717, 1.165) is 27.7 Å². The van der Waals surface area contributed by atoms with Gasteiger partial charge in [-0.3, -0.25) is 4.98 Å². The lowest BCUT2D eigenvalue weighted by Gasteiger charge is -2.09. The Bertz CT molecular complexity index is 834. The van der Waals surface area contributed by atoms with Crippen molar-refractivity contribution < 1.29 is 0 Å². The van der Waals surface area contributed by atoms with Crippen LogP contribution < -0.4 is 5.32 Å². The Morgan fingerprint density at radius 1 is 1.33 bits per heavy atom. The van der Waals surface area contributed by atoms with Crippen LogP contribution in [-0.4, -0.2) is 9.55 Å². The summed E-state index contributed by atoms with van der Waals surface area (Å²) in [5.41, 5.74) is 4.02. The molecule has 0 radical (unpaired) electrons. The third-order valence-electron chi connectivity index (χ3n) is 3.90. The summed E-state index contributed by atoms with van der Waals surface area (Å²) < 4.78 is 1.92. The van der Waals surface area contributed by atoms with Gasteiger partial charge in [-0.15, -0.1) is 0 Å². The minimum Gasteiger partial charge on any atom is -0.380 e. The molecule has 4 heteroatoms. The number of benzene rings is 1. The standard InChI is InChI=1S/C17H16N4/c1-12-14(8-15(9-18)21(12)2)11-20-17-5-3-4-13-10-19-7-6-16(13)17/h3-8,10,20H,11H2,1-2H3. The molecular weight excluding hydrogens is 260 g/mol. The number of pyridine rings is 1. The second kappa shape index (κ2) is 5.29. The molecule has 0 saturated carbocycles. The van der Waals surface area contributed by atoms with Gasteiger partial charge in [0.05, 0.1) is 0 Å². The molecule has 0 aliphatic rings. The molecule has 0 spiro atoms. The van der Waals surface area contributed by atoms with Crippen LogP contribution in [-0.2, 0) is 13.6 Å². The lowest BCUT2D eigenvalue weighted by atomic mass is 10.1. The molecule has 0 unspecified atom stereocenters. The number of nitrogens with zero attached hydrogens (tertiary/aromatic N) is 3. The predicted octanol–water partition coefficient (Wildman–Crippen LogP) is 3.37. The van der Waals surface area contributed by atoms with E-state index in [1.54, 1.807) is 6.20 Å². The van der Waals surface area contributed by atoms with Crippen LogP contribution >= 0.6 is 0 Å². The van der Waals surface area contributed by atoms with E-state index in [-0.39, 0.29) is 0 Å². The molecule has 3 aromatic rings.